The molecule has 0 spiro atoms. The van der Waals surface area contributed by atoms with E-state index in [9.17, 15) is 19.4 Å². The lowest BCUT2D eigenvalue weighted by molar-refractivity contribution is 0.0238. The van der Waals surface area contributed by atoms with E-state index in [4.69, 9.17) is 5.73 Å². The van der Waals surface area contributed by atoms with Crippen LogP contribution in [0.5, 0.6) is 0 Å². The van der Waals surface area contributed by atoms with Crippen molar-refractivity contribution in [1.82, 2.24) is 0 Å². The van der Waals surface area contributed by atoms with Crippen molar-refractivity contribution in [2.45, 2.75) is 12.2 Å². The third-order valence-electron chi connectivity index (χ3n) is 2.10. The van der Waals surface area contributed by atoms with E-state index in [-0.39, 0.29) is 17.7 Å². The van der Waals surface area contributed by atoms with Crippen molar-refractivity contribution >= 4 is 6.29 Å². The Bertz CT molecular complexity index is 357. The Hall–Kier alpha value is -1.30. The Balaban J connectivity index is 3.10. The van der Waals surface area contributed by atoms with Crippen LogP contribution in [0.4, 0.5) is 4.39 Å². The van der Waals surface area contributed by atoms with Crippen LogP contribution in [0.2, 0.25) is 0 Å². The summed E-state index contributed by atoms with van der Waals surface area (Å²) in [5, 5.41) is 18.8. The highest BCUT2D eigenvalue weighted by atomic mass is 19.1. The molecule has 2 atom stereocenters. The van der Waals surface area contributed by atoms with Crippen molar-refractivity contribution in [3.63, 3.8) is 0 Å². The van der Waals surface area contributed by atoms with E-state index in [1.54, 1.807) is 0 Å². The topological polar surface area (TPSA) is 83.6 Å². The fraction of sp³-hybridized carbons (Fsp3) is 0.300. The molecule has 0 amide bonds. The summed E-state index contributed by atoms with van der Waals surface area (Å²) in [4.78, 5) is 10.6. The second kappa shape index (κ2) is 4.97. The highest BCUT2D eigenvalue weighted by Gasteiger charge is 2.20. The molecular weight excluding hydrogens is 201 g/mol. The largest absolute Gasteiger partial charge is 0.389 e. The molecule has 0 saturated heterocycles. The van der Waals surface area contributed by atoms with Crippen LogP contribution in [0, 0.1) is 5.82 Å². The first-order chi connectivity index (χ1) is 7.10. The van der Waals surface area contributed by atoms with Crippen molar-refractivity contribution < 1.29 is 19.4 Å². The lowest BCUT2D eigenvalue weighted by Gasteiger charge is -2.17. The predicted molar refractivity (Wildman–Crippen MR) is 51.8 cm³/mol. The van der Waals surface area contributed by atoms with E-state index in [0.29, 0.717) is 6.29 Å². The van der Waals surface area contributed by atoms with E-state index < -0.39 is 18.0 Å². The third kappa shape index (κ3) is 2.59. The van der Waals surface area contributed by atoms with Gasteiger partial charge in [0.1, 0.15) is 18.2 Å². The summed E-state index contributed by atoms with van der Waals surface area (Å²) in [6.45, 7) is -0.171. The maximum atomic E-state index is 12.9. The molecule has 1 rings (SSSR count). The van der Waals surface area contributed by atoms with Crippen LogP contribution < -0.4 is 5.73 Å². The lowest BCUT2D eigenvalue weighted by Crippen LogP contribution is -2.27. The molecule has 0 aliphatic rings. The van der Waals surface area contributed by atoms with Gasteiger partial charge in [-0.2, -0.15) is 0 Å². The Morgan fingerprint density at radius 3 is 2.67 bits per heavy atom. The number of hydrogen-bond donors (Lipinski definition) is 3. The molecule has 4 nitrogen and oxygen atoms in total. The van der Waals surface area contributed by atoms with Gasteiger partial charge in [0.15, 0.2) is 0 Å². The number of benzene rings is 1. The van der Waals surface area contributed by atoms with Gasteiger partial charge < -0.3 is 15.9 Å². The molecule has 5 heteroatoms. The average molecular weight is 213 g/mol. The van der Waals surface area contributed by atoms with E-state index in [1.165, 1.54) is 6.07 Å². The summed E-state index contributed by atoms with van der Waals surface area (Å²) >= 11 is 0. The number of aldehydes is 1. The second-order valence-corrected chi connectivity index (χ2v) is 3.14. The Labute approximate surface area is 86.1 Å². The van der Waals surface area contributed by atoms with Crippen molar-refractivity contribution in [1.29, 1.82) is 0 Å². The fourth-order valence-corrected chi connectivity index (χ4v) is 1.25. The molecule has 4 N–H and O–H groups in total. The zero-order chi connectivity index (χ0) is 11.4. The van der Waals surface area contributed by atoms with E-state index in [2.05, 4.69) is 0 Å². The molecule has 0 aromatic heterocycles. The van der Waals surface area contributed by atoms with Gasteiger partial charge in [0, 0.05) is 12.1 Å². The van der Waals surface area contributed by atoms with Crippen LogP contribution in [0.1, 0.15) is 22.0 Å². The van der Waals surface area contributed by atoms with Crippen molar-refractivity contribution in [2.24, 2.45) is 5.73 Å². The molecule has 0 aliphatic heterocycles. The van der Waals surface area contributed by atoms with Crippen LogP contribution in [-0.2, 0) is 0 Å². The summed E-state index contributed by atoms with van der Waals surface area (Å²) in [5.41, 5.74) is 5.33. The number of carbonyl (C=O) groups excluding carboxylic acids is 1. The second-order valence-electron chi connectivity index (χ2n) is 3.14. The van der Waals surface area contributed by atoms with Crippen LogP contribution in [-0.4, -0.2) is 29.1 Å². The number of aliphatic hydroxyl groups excluding tert-OH is 2. The molecule has 0 heterocycles. The predicted octanol–water partition coefficient (Wildman–Crippen LogP) is -0.00880. The molecule has 0 fully saturated rings. The number of nitrogens with two attached hydrogens (primary N) is 1. The molecule has 82 valence electrons. The molecule has 15 heavy (non-hydrogen) atoms. The standard InChI is InChI=1S/C10H12FNO3/c11-7-2-1-6(5-13)8(3-7)10(15)9(14)4-12/h1-3,5,9-10,14-15H,4,12H2. The molecule has 1 aromatic rings. The van der Waals surface area contributed by atoms with Gasteiger partial charge in [-0.1, -0.05) is 0 Å². The summed E-state index contributed by atoms with van der Waals surface area (Å²) in [6.07, 6.45) is -2.09. The maximum Gasteiger partial charge on any atom is 0.150 e. The van der Waals surface area contributed by atoms with Crippen molar-refractivity contribution in [3.05, 3.63) is 35.1 Å². The first-order valence-electron chi connectivity index (χ1n) is 4.41. The Morgan fingerprint density at radius 2 is 2.13 bits per heavy atom. The van der Waals surface area contributed by atoms with Gasteiger partial charge in [-0.15, -0.1) is 0 Å². The highest BCUT2D eigenvalue weighted by molar-refractivity contribution is 5.77. The zero-order valence-corrected chi connectivity index (χ0v) is 7.93. The van der Waals surface area contributed by atoms with Gasteiger partial charge in [-0.25, -0.2) is 4.39 Å². The summed E-state index contributed by atoms with van der Waals surface area (Å²) in [6, 6.07) is 3.35. The monoisotopic (exact) mass is 213 g/mol. The third-order valence-corrected chi connectivity index (χ3v) is 2.10. The number of rotatable bonds is 4. The van der Waals surface area contributed by atoms with Gasteiger partial charge >= 0.3 is 0 Å². The average Bonchev–Trinajstić information content (AvgIpc) is 2.27. The number of halogens is 1. The van der Waals surface area contributed by atoms with Crippen LogP contribution >= 0.6 is 0 Å². The summed E-state index contributed by atoms with van der Waals surface area (Å²) in [7, 11) is 0. The highest BCUT2D eigenvalue weighted by Crippen LogP contribution is 2.20. The van der Waals surface area contributed by atoms with E-state index in [0.717, 1.165) is 12.1 Å². The first-order valence-corrected chi connectivity index (χ1v) is 4.41. The van der Waals surface area contributed by atoms with Crippen LogP contribution in [0.3, 0.4) is 0 Å². The number of hydrogen-bond acceptors (Lipinski definition) is 4. The Kier molecular flexibility index (Phi) is 3.90. The molecule has 2 unspecified atom stereocenters. The number of carbonyl (C=O) groups is 1. The minimum Gasteiger partial charge on any atom is -0.389 e. The van der Waals surface area contributed by atoms with Crippen molar-refractivity contribution in [2.75, 3.05) is 6.54 Å². The zero-order valence-electron chi connectivity index (χ0n) is 7.93. The lowest BCUT2D eigenvalue weighted by atomic mass is 9.99. The normalized spacial score (nSPS) is 14.7. The van der Waals surface area contributed by atoms with Crippen LogP contribution in [0.15, 0.2) is 18.2 Å². The van der Waals surface area contributed by atoms with Gasteiger partial charge in [0.25, 0.3) is 0 Å². The summed E-state index contributed by atoms with van der Waals surface area (Å²) in [5.74, 6) is -0.584. The molecule has 0 radical (unpaired) electrons. The van der Waals surface area contributed by atoms with Gasteiger partial charge in [0.05, 0.1) is 6.10 Å². The Morgan fingerprint density at radius 1 is 1.47 bits per heavy atom. The molecule has 0 aliphatic carbocycles. The van der Waals surface area contributed by atoms with Crippen LogP contribution in [0.25, 0.3) is 0 Å². The van der Waals surface area contributed by atoms with Crippen molar-refractivity contribution in [3.8, 4) is 0 Å². The minimum atomic E-state index is -1.36. The smallest absolute Gasteiger partial charge is 0.150 e. The quantitative estimate of drug-likeness (QED) is 0.614. The number of aliphatic hydroxyl groups is 2. The van der Waals surface area contributed by atoms with Gasteiger partial charge in [0.2, 0.25) is 0 Å². The molecule has 0 saturated carbocycles. The maximum absolute atomic E-state index is 12.9. The summed E-state index contributed by atoms with van der Waals surface area (Å²) < 4.78 is 12.9. The molecular formula is C10H12FNO3. The minimum absolute atomic E-state index is 0.0444. The van der Waals surface area contributed by atoms with E-state index >= 15 is 0 Å². The SMILES string of the molecule is NCC(O)C(O)c1cc(F)ccc1C=O. The fourth-order valence-electron chi connectivity index (χ4n) is 1.25. The van der Waals surface area contributed by atoms with Gasteiger partial charge in [-0.05, 0) is 23.8 Å². The van der Waals surface area contributed by atoms with Gasteiger partial charge in [-0.3, -0.25) is 4.79 Å². The first kappa shape index (κ1) is 11.8. The molecule has 0 bridgehead atoms. The molecule has 1 aromatic carbocycles. The van der Waals surface area contributed by atoms with E-state index in [1.807, 2.05) is 0 Å².